The SMILES string of the molecule is CNC1CCCCCCC1N(C)Cc1ccncc1. The maximum Gasteiger partial charge on any atom is 0.0271 e. The first-order valence-electron chi connectivity index (χ1n) is 7.57. The van der Waals surface area contributed by atoms with Crippen LogP contribution in [-0.4, -0.2) is 36.1 Å². The normalized spacial score (nSPS) is 25.0. The minimum absolute atomic E-state index is 0.632. The first-order chi connectivity index (χ1) is 9.31. The molecule has 106 valence electrons. The highest BCUT2D eigenvalue weighted by molar-refractivity contribution is 5.09. The van der Waals surface area contributed by atoms with Crippen LogP contribution in [0.15, 0.2) is 24.5 Å². The lowest BCUT2D eigenvalue weighted by molar-refractivity contribution is 0.160. The Morgan fingerprint density at radius 3 is 2.53 bits per heavy atom. The monoisotopic (exact) mass is 261 g/mol. The zero-order chi connectivity index (χ0) is 13.5. The van der Waals surface area contributed by atoms with Gasteiger partial charge in [0.05, 0.1) is 0 Å². The fourth-order valence-electron chi connectivity index (χ4n) is 3.22. The van der Waals surface area contributed by atoms with E-state index in [-0.39, 0.29) is 0 Å². The van der Waals surface area contributed by atoms with Crippen molar-refractivity contribution in [1.29, 1.82) is 0 Å². The number of hydrogen-bond acceptors (Lipinski definition) is 3. The van der Waals surface area contributed by atoms with Crippen molar-refractivity contribution in [1.82, 2.24) is 15.2 Å². The Balaban J connectivity index is 1.99. The molecule has 3 nitrogen and oxygen atoms in total. The molecule has 2 unspecified atom stereocenters. The molecular formula is C16H27N3. The van der Waals surface area contributed by atoms with Crippen molar-refractivity contribution in [3.63, 3.8) is 0 Å². The van der Waals surface area contributed by atoms with Crippen LogP contribution in [0.25, 0.3) is 0 Å². The summed E-state index contributed by atoms with van der Waals surface area (Å²) in [4.78, 5) is 6.61. The van der Waals surface area contributed by atoms with Crippen LogP contribution < -0.4 is 5.32 Å². The van der Waals surface area contributed by atoms with Gasteiger partial charge in [0.25, 0.3) is 0 Å². The molecule has 0 saturated heterocycles. The van der Waals surface area contributed by atoms with Crippen LogP contribution in [0.5, 0.6) is 0 Å². The van der Waals surface area contributed by atoms with Crippen LogP contribution in [0, 0.1) is 0 Å². The van der Waals surface area contributed by atoms with E-state index >= 15 is 0 Å². The summed E-state index contributed by atoms with van der Waals surface area (Å²) in [6.45, 7) is 1.02. The van der Waals surface area contributed by atoms with Gasteiger partial charge in [-0.3, -0.25) is 9.88 Å². The van der Waals surface area contributed by atoms with E-state index in [2.05, 4.69) is 41.4 Å². The van der Waals surface area contributed by atoms with Crippen LogP contribution in [0.1, 0.15) is 44.1 Å². The Bertz CT molecular complexity index is 352. The summed E-state index contributed by atoms with van der Waals surface area (Å²) in [5.41, 5.74) is 1.36. The van der Waals surface area contributed by atoms with E-state index in [1.807, 2.05) is 12.4 Å². The average molecular weight is 261 g/mol. The molecule has 0 spiro atoms. The van der Waals surface area contributed by atoms with Gasteiger partial charge in [-0.2, -0.15) is 0 Å². The van der Waals surface area contributed by atoms with Crippen molar-refractivity contribution in [3.8, 4) is 0 Å². The number of nitrogens with zero attached hydrogens (tertiary/aromatic N) is 2. The molecule has 1 N–H and O–H groups in total. The molecule has 0 bridgehead atoms. The lowest BCUT2D eigenvalue weighted by Gasteiger charge is -2.36. The Hall–Kier alpha value is -0.930. The smallest absolute Gasteiger partial charge is 0.0271 e. The summed E-state index contributed by atoms with van der Waals surface area (Å²) in [7, 11) is 4.37. The van der Waals surface area contributed by atoms with E-state index in [0.717, 1.165) is 6.54 Å². The second-order valence-corrected chi connectivity index (χ2v) is 5.72. The third-order valence-electron chi connectivity index (χ3n) is 4.35. The van der Waals surface area contributed by atoms with Crippen molar-refractivity contribution >= 4 is 0 Å². The Morgan fingerprint density at radius 1 is 1.16 bits per heavy atom. The molecule has 0 radical (unpaired) electrons. The van der Waals surface area contributed by atoms with Gasteiger partial charge in [0.1, 0.15) is 0 Å². The molecule has 1 heterocycles. The van der Waals surface area contributed by atoms with Gasteiger partial charge in [-0.1, -0.05) is 25.7 Å². The summed E-state index contributed by atoms with van der Waals surface area (Å²) >= 11 is 0. The largest absolute Gasteiger partial charge is 0.315 e. The van der Waals surface area contributed by atoms with Crippen molar-refractivity contribution in [2.24, 2.45) is 0 Å². The predicted molar refractivity (Wildman–Crippen MR) is 80.0 cm³/mol. The maximum atomic E-state index is 4.09. The molecule has 19 heavy (non-hydrogen) atoms. The van der Waals surface area contributed by atoms with Crippen molar-refractivity contribution in [2.75, 3.05) is 14.1 Å². The lowest BCUT2D eigenvalue weighted by atomic mass is 9.91. The minimum Gasteiger partial charge on any atom is -0.315 e. The molecule has 1 aromatic rings. The Labute approximate surface area is 117 Å². The van der Waals surface area contributed by atoms with E-state index < -0.39 is 0 Å². The van der Waals surface area contributed by atoms with Crippen LogP contribution in [0.4, 0.5) is 0 Å². The number of nitrogens with one attached hydrogen (secondary N) is 1. The topological polar surface area (TPSA) is 28.2 Å². The van der Waals surface area contributed by atoms with Gasteiger partial charge in [0.15, 0.2) is 0 Å². The summed E-state index contributed by atoms with van der Waals surface area (Å²) in [5, 5.41) is 3.53. The molecular weight excluding hydrogens is 234 g/mol. The van der Waals surface area contributed by atoms with Crippen molar-refractivity contribution < 1.29 is 0 Å². The van der Waals surface area contributed by atoms with Gasteiger partial charge >= 0.3 is 0 Å². The third-order valence-corrected chi connectivity index (χ3v) is 4.35. The van der Waals surface area contributed by atoms with Gasteiger partial charge in [-0.05, 0) is 44.6 Å². The maximum absolute atomic E-state index is 4.09. The second-order valence-electron chi connectivity index (χ2n) is 5.72. The van der Waals surface area contributed by atoms with E-state index in [4.69, 9.17) is 0 Å². The number of rotatable bonds is 4. The van der Waals surface area contributed by atoms with Crippen molar-refractivity contribution in [3.05, 3.63) is 30.1 Å². The molecule has 1 aromatic heterocycles. The molecule has 1 aliphatic carbocycles. The summed E-state index contributed by atoms with van der Waals surface area (Å²) in [6.07, 6.45) is 11.9. The fraction of sp³-hybridized carbons (Fsp3) is 0.688. The zero-order valence-electron chi connectivity index (χ0n) is 12.3. The molecule has 3 heteroatoms. The van der Waals surface area contributed by atoms with Crippen LogP contribution in [0.3, 0.4) is 0 Å². The molecule has 2 rings (SSSR count). The summed E-state index contributed by atoms with van der Waals surface area (Å²) in [6, 6.07) is 5.52. The summed E-state index contributed by atoms with van der Waals surface area (Å²) < 4.78 is 0. The Morgan fingerprint density at radius 2 is 1.84 bits per heavy atom. The number of pyridine rings is 1. The van der Waals surface area contributed by atoms with Gasteiger partial charge in [-0.25, -0.2) is 0 Å². The fourth-order valence-corrected chi connectivity index (χ4v) is 3.22. The highest BCUT2D eigenvalue weighted by Crippen LogP contribution is 2.22. The number of aromatic nitrogens is 1. The number of hydrogen-bond donors (Lipinski definition) is 1. The first kappa shape index (κ1) is 14.5. The van der Waals surface area contributed by atoms with E-state index in [1.54, 1.807) is 0 Å². The molecule has 0 aromatic carbocycles. The first-order valence-corrected chi connectivity index (χ1v) is 7.57. The standard InChI is InChI=1S/C16H27N3/c1-17-15-7-5-3-4-6-8-16(15)19(2)13-14-9-11-18-12-10-14/h9-12,15-17H,3-8,13H2,1-2H3. The van der Waals surface area contributed by atoms with Gasteiger partial charge in [0.2, 0.25) is 0 Å². The van der Waals surface area contributed by atoms with E-state index in [1.165, 1.54) is 44.1 Å². The molecule has 1 saturated carbocycles. The molecule has 1 fully saturated rings. The molecule has 0 amide bonds. The van der Waals surface area contributed by atoms with Gasteiger partial charge < -0.3 is 5.32 Å². The second kappa shape index (κ2) is 7.61. The van der Waals surface area contributed by atoms with Gasteiger partial charge in [-0.15, -0.1) is 0 Å². The quantitative estimate of drug-likeness (QED) is 0.903. The van der Waals surface area contributed by atoms with Crippen LogP contribution >= 0.6 is 0 Å². The third kappa shape index (κ3) is 4.29. The summed E-state index contributed by atoms with van der Waals surface area (Å²) in [5.74, 6) is 0. The van der Waals surface area contributed by atoms with Crippen LogP contribution in [-0.2, 0) is 6.54 Å². The minimum atomic E-state index is 0.632. The molecule has 1 aliphatic rings. The predicted octanol–water partition coefficient (Wildman–Crippen LogP) is 2.82. The zero-order valence-corrected chi connectivity index (χ0v) is 12.3. The van der Waals surface area contributed by atoms with Crippen LogP contribution in [0.2, 0.25) is 0 Å². The lowest BCUT2D eigenvalue weighted by Crippen LogP contribution is -2.47. The van der Waals surface area contributed by atoms with Crippen molar-refractivity contribution in [2.45, 2.75) is 57.2 Å². The van der Waals surface area contributed by atoms with Gasteiger partial charge in [0, 0.05) is 31.0 Å². The van der Waals surface area contributed by atoms with E-state index in [9.17, 15) is 0 Å². The number of likely N-dealkylation sites (N-methyl/N-ethyl adjacent to an activating group) is 2. The molecule has 0 aliphatic heterocycles. The average Bonchev–Trinajstić information content (AvgIpc) is 2.39. The molecule has 2 atom stereocenters. The highest BCUT2D eigenvalue weighted by Gasteiger charge is 2.24. The highest BCUT2D eigenvalue weighted by atomic mass is 15.2. The van der Waals surface area contributed by atoms with E-state index in [0.29, 0.717) is 12.1 Å². The Kier molecular flexibility index (Phi) is 5.80.